The van der Waals surface area contributed by atoms with Crippen LogP contribution in [0.15, 0.2) is 0 Å². The fourth-order valence-electron chi connectivity index (χ4n) is 0. The van der Waals surface area contributed by atoms with Crippen molar-refractivity contribution in [2.24, 2.45) is 0 Å². The molecule has 6 heavy (non-hydrogen) atoms. The van der Waals surface area contributed by atoms with E-state index in [9.17, 15) is 0 Å². The molecule has 0 aromatic rings. The van der Waals surface area contributed by atoms with Crippen LogP contribution in [-0.2, 0) is 24.3 Å². The van der Waals surface area contributed by atoms with Gasteiger partial charge in [0.2, 0.25) is 0 Å². The van der Waals surface area contributed by atoms with Crippen LogP contribution in [0, 0.1) is 7.43 Å². The average Bonchev–Trinajstić information content (AvgIpc) is 0.811. The van der Waals surface area contributed by atoms with Gasteiger partial charge in [0.1, 0.15) is 0 Å². The molecule has 0 spiro atoms. The molecule has 0 saturated carbocycles. The second kappa shape index (κ2) is 8.92. The predicted octanol–water partition coefficient (Wildman–Crippen LogP) is 0.539. The van der Waals surface area contributed by atoms with Crippen molar-refractivity contribution in [2.45, 2.75) is 6.92 Å². The quantitative estimate of drug-likeness (QED) is 0.394. The van der Waals surface area contributed by atoms with Crippen LogP contribution < -0.4 is 0 Å². The summed E-state index contributed by atoms with van der Waals surface area (Å²) in [4.78, 5) is 9.00. The van der Waals surface area contributed by atoms with E-state index in [4.69, 9.17) is 9.90 Å². The monoisotopic (exact) mass is 139 g/mol. The van der Waals surface area contributed by atoms with E-state index in [1.165, 1.54) is 0 Å². The van der Waals surface area contributed by atoms with Gasteiger partial charge >= 0.3 is 0 Å². The number of carbonyl (C=O) groups is 1. The number of hydrogen-bond donors (Lipinski definition) is 1. The zero-order valence-electron chi connectivity index (χ0n) is 4.06. The van der Waals surface area contributed by atoms with Gasteiger partial charge < -0.3 is 12.5 Å². The van der Waals surface area contributed by atoms with E-state index in [1.807, 2.05) is 0 Å². The molecule has 0 atom stereocenters. The third kappa shape index (κ3) is 4490. The van der Waals surface area contributed by atoms with E-state index in [0.29, 0.717) is 0 Å². The van der Waals surface area contributed by atoms with E-state index in [-0.39, 0.29) is 26.9 Å². The SMILES string of the molecule is CC(=O)O.[CH3-].[Zn]. The second-order valence-electron chi connectivity index (χ2n) is 0.519. The molecule has 3 heteroatoms. The number of hydrogen-bond acceptors (Lipinski definition) is 1. The van der Waals surface area contributed by atoms with Gasteiger partial charge in [-0.05, 0) is 0 Å². The molecule has 0 aliphatic carbocycles. The van der Waals surface area contributed by atoms with Crippen molar-refractivity contribution in [3.8, 4) is 0 Å². The summed E-state index contributed by atoms with van der Waals surface area (Å²) in [5.41, 5.74) is 0. The fraction of sp³-hybridized carbons (Fsp3) is 0.333. The summed E-state index contributed by atoms with van der Waals surface area (Å²) in [6.07, 6.45) is 0. The molecule has 0 aromatic carbocycles. The van der Waals surface area contributed by atoms with Gasteiger partial charge in [-0.3, -0.25) is 4.79 Å². The standard InChI is InChI=1S/C2H4O2.CH3.Zn/c1-2(3)4;;/h1H3,(H,3,4);1H3;/q;-1;. The normalized spacial score (nSPS) is 4.17. The van der Waals surface area contributed by atoms with Crippen LogP contribution in [0.2, 0.25) is 0 Å². The molecule has 34 valence electrons. The Hall–Kier alpha value is 0.0934. The molecule has 2 nitrogen and oxygen atoms in total. The van der Waals surface area contributed by atoms with Gasteiger partial charge in [0, 0.05) is 26.4 Å². The molecule has 0 aromatic heterocycles. The minimum absolute atomic E-state index is 0. The molecular formula is C3H7O2Zn-. The predicted molar refractivity (Wildman–Crippen MR) is 19.7 cm³/mol. The number of carboxylic acids is 1. The summed E-state index contributed by atoms with van der Waals surface area (Å²) in [5.74, 6) is -0.833. The van der Waals surface area contributed by atoms with Crippen LogP contribution in [0.4, 0.5) is 0 Å². The zero-order valence-corrected chi connectivity index (χ0v) is 7.03. The van der Waals surface area contributed by atoms with Crippen LogP contribution in [0.1, 0.15) is 6.92 Å². The van der Waals surface area contributed by atoms with Gasteiger partial charge in [0.15, 0.2) is 0 Å². The van der Waals surface area contributed by atoms with Crippen molar-refractivity contribution in [3.63, 3.8) is 0 Å². The van der Waals surface area contributed by atoms with Crippen molar-refractivity contribution in [3.05, 3.63) is 7.43 Å². The first kappa shape index (κ1) is 16.5. The van der Waals surface area contributed by atoms with Crippen LogP contribution in [0.5, 0.6) is 0 Å². The zero-order chi connectivity index (χ0) is 3.58. The number of carboxylic acid groups (broad SMARTS) is 1. The molecule has 0 aliphatic rings. The van der Waals surface area contributed by atoms with Gasteiger partial charge in [-0.2, -0.15) is 0 Å². The Kier molecular flexibility index (Phi) is 24.6. The molecule has 0 rings (SSSR count). The first-order valence-corrected chi connectivity index (χ1v) is 0.928. The topological polar surface area (TPSA) is 37.3 Å². The van der Waals surface area contributed by atoms with E-state index < -0.39 is 5.97 Å². The third-order valence-corrected chi connectivity index (χ3v) is 0. The second-order valence-corrected chi connectivity index (χ2v) is 0.519. The fourth-order valence-corrected chi connectivity index (χ4v) is 0. The number of rotatable bonds is 0. The first-order chi connectivity index (χ1) is 1.73. The average molecular weight is 140 g/mol. The largest absolute Gasteiger partial charge is 0.481 e. The summed E-state index contributed by atoms with van der Waals surface area (Å²) in [6, 6.07) is 0. The van der Waals surface area contributed by atoms with Crippen molar-refractivity contribution in [2.75, 3.05) is 0 Å². The molecule has 0 unspecified atom stereocenters. The van der Waals surface area contributed by atoms with Gasteiger partial charge in [-0.15, -0.1) is 0 Å². The molecule has 0 saturated heterocycles. The van der Waals surface area contributed by atoms with Crippen LogP contribution in [0.25, 0.3) is 0 Å². The molecule has 0 fully saturated rings. The number of aliphatic carboxylic acids is 1. The van der Waals surface area contributed by atoms with Crippen LogP contribution in [0.3, 0.4) is 0 Å². The van der Waals surface area contributed by atoms with Crippen molar-refractivity contribution in [1.82, 2.24) is 0 Å². The van der Waals surface area contributed by atoms with E-state index in [1.54, 1.807) is 0 Å². The van der Waals surface area contributed by atoms with E-state index in [0.717, 1.165) is 6.92 Å². The summed E-state index contributed by atoms with van der Waals surface area (Å²) in [6.45, 7) is 1.08. The Balaban J connectivity index is -0.0000000450. The molecule has 0 heterocycles. The third-order valence-electron chi connectivity index (χ3n) is 0. The van der Waals surface area contributed by atoms with Crippen molar-refractivity contribution in [1.29, 1.82) is 0 Å². The van der Waals surface area contributed by atoms with Gasteiger partial charge in [-0.25, -0.2) is 0 Å². The molecule has 0 aliphatic heterocycles. The maximum absolute atomic E-state index is 9.00. The van der Waals surface area contributed by atoms with Gasteiger partial charge in [-0.1, -0.05) is 0 Å². The Morgan fingerprint density at radius 1 is 1.67 bits per heavy atom. The molecule has 1 N–H and O–H groups in total. The Morgan fingerprint density at radius 2 is 1.67 bits per heavy atom. The minimum atomic E-state index is -0.833. The van der Waals surface area contributed by atoms with Gasteiger partial charge in [0.25, 0.3) is 5.97 Å². The maximum Gasteiger partial charge on any atom is 0.300 e. The van der Waals surface area contributed by atoms with Crippen LogP contribution >= 0.6 is 0 Å². The first-order valence-electron chi connectivity index (χ1n) is 0.928. The van der Waals surface area contributed by atoms with E-state index in [2.05, 4.69) is 0 Å². The molecule has 0 bridgehead atoms. The maximum atomic E-state index is 9.00. The molecular weight excluding hydrogens is 133 g/mol. The summed E-state index contributed by atoms with van der Waals surface area (Å²) in [7, 11) is 0. The Morgan fingerprint density at radius 3 is 1.67 bits per heavy atom. The van der Waals surface area contributed by atoms with Gasteiger partial charge in [0.05, 0.1) is 0 Å². The van der Waals surface area contributed by atoms with E-state index >= 15 is 0 Å². The van der Waals surface area contributed by atoms with Crippen molar-refractivity contribution < 1.29 is 29.4 Å². The minimum Gasteiger partial charge on any atom is -0.481 e. The summed E-state index contributed by atoms with van der Waals surface area (Å²) in [5, 5.41) is 7.42. The molecule has 0 amide bonds. The summed E-state index contributed by atoms with van der Waals surface area (Å²) < 4.78 is 0. The molecule has 0 radical (unpaired) electrons. The summed E-state index contributed by atoms with van der Waals surface area (Å²) >= 11 is 0. The smallest absolute Gasteiger partial charge is 0.300 e. The van der Waals surface area contributed by atoms with Crippen LogP contribution in [-0.4, -0.2) is 11.1 Å². The van der Waals surface area contributed by atoms with Crippen molar-refractivity contribution >= 4 is 5.97 Å². The Bertz CT molecular complexity index is 31.8. The Labute approximate surface area is 50.3 Å².